The fraction of sp³-hybridized carbons (Fsp3) is 0.500. The molecule has 0 aromatic carbocycles. The zero-order valence-corrected chi connectivity index (χ0v) is 7.58. The van der Waals surface area contributed by atoms with Crippen molar-refractivity contribution in [2.75, 3.05) is 13.1 Å². The van der Waals surface area contributed by atoms with Gasteiger partial charge in [0.15, 0.2) is 11.6 Å². The van der Waals surface area contributed by atoms with Crippen LogP contribution in [0.25, 0.3) is 10.4 Å². The Labute approximate surface area is 83.7 Å². The van der Waals surface area contributed by atoms with Crippen LogP contribution >= 0.6 is 0 Å². The maximum atomic E-state index is 11.2. The predicted octanol–water partition coefficient (Wildman–Crippen LogP) is -1.82. The zero-order chi connectivity index (χ0) is 12.1. The molecule has 0 aromatic heterocycles. The van der Waals surface area contributed by atoms with E-state index in [0.717, 1.165) is 0 Å². The smallest absolute Gasteiger partial charge is 0.331 e. The minimum Gasteiger partial charge on any atom is -0.480 e. The summed E-state index contributed by atoms with van der Waals surface area (Å²) in [5.74, 6) is -4.29. The second-order valence-corrected chi connectivity index (χ2v) is 2.46. The number of carboxylic acids is 1. The summed E-state index contributed by atoms with van der Waals surface area (Å²) >= 11 is 0. The van der Waals surface area contributed by atoms with Gasteiger partial charge in [0.1, 0.15) is 0 Å². The van der Waals surface area contributed by atoms with E-state index < -0.39 is 36.2 Å². The van der Waals surface area contributed by atoms with Crippen LogP contribution < -0.4 is 11.5 Å². The lowest BCUT2D eigenvalue weighted by Gasteiger charge is -2.19. The lowest BCUT2D eigenvalue weighted by molar-refractivity contribution is -0.151. The molecule has 0 bridgehead atoms. The Morgan fingerprint density at radius 3 is 1.87 bits per heavy atom. The number of hydrogen-bond acceptors (Lipinski definition) is 6. The topological polar surface area (TPSA) is 172 Å². The number of nitrogens with two attached hydrogens (primary N) is 2. The maximum absolute atomic E-state index is 11.2. The van der Waals surface area contributed by atoms with E-state index in [4.69, 9.17) is 22.1 Å². The number of carbonyl (C=O) groups is 3. The molecule has 0 aromatic rings. The zero-order valence-electron chi connectivity index (χ0n) is 7.58. The molecule has 0 saturated carbocycles. The molecular weight excluding hydrogens is 206 g/mol. The molecule has 0 fully saturated rings. The Hall–Kier alpha value is -1.96. The van der Waals surface area contributed by atoms with E-state index in [-0.39, 0.29) is 0 Å². The van der Waals surface area contributed by atoms with Gasteiger partial charge in [-0.3, -0.25) is 14.4 Å². The second kappa shape index (κ2) is 5.05. The fourth-order valence-electron chi connectivity index (χ4n) is 0.911. The number of Topliss-reactive ketones (excluding diaryl/α,β-unsaturated/α-hetero) is 2. The van der Waals surface area contributed by atoms with Gasteiger partial charge in [-0.25, -0.2) is 0 Å². The van der Waals surface area contributed by atoms with Gasteiger partial charge in [0, 0.05) is 4.91 Å². The molecule has 0 aliphatic heterocycles. The average molecular weight is 215 g/mol. The number of hydrogen-bond donors (Lipinski definition) is 3. The number of aliphatic carboxylic acids is 1. The van der Waals surface area contributed by atoms with Crippen molar-refractivity contribution in [2.45, 2.75) is 5.54 Å². The number of carbonyl (C=O) groups excluding carboxylic acids is 2. The molecule has 0 aliphatic rings. The van der Waals surface area contributed by atoms with Crippen molar-refractivity contribution in [3.05, 3.63) is 10.4 Å². The number of rotatable bonds is 6. The van der Waals surface area contributed by atoms with E-state index in [1.165, 1.54) is 0 Å². The van der Waals surface area contributed by atoms with Gasteiger partial charge in [-0.1, -0.05) is 5.11 Å². The van der Waals surface area contributed by atoms with E-state index in [1.807, 2.05) is 0 Å². The maximum Gasteiger partial charge on any atom is 0.331 e. The summed E-state index contributed by atoms with van der Waals surface area (Å²) in [6.45, 7) is -1.48. The molecule has 0 atom stereocenters. The Kier molecular flexibility index (Phi) is 4.39. The SMILES string of the molecule is [N-]=[N+]=NC(C(=O)O)(C(=O)CN)C(=O)CN. The first kappa shape index (κ1) is 13.0. The number of azide groups is 1. The highest BCUT2D eigenvalue weighted by Gasteiger charge is 2.50. The lowest BCUT2D eigenvalue weighted by atomic mass is 9.90. The summed E-state index contributed by atoms with van der Waals surface area (Å²) in [4.78, 5) is 35.4. The Morgan fingerprint density at radius 2 is 1.67 bits per heavy atom. The molecule has 9 heteroatoms. The Morgan fingerprint density at radius 1 is 1.27 bits per heavy atom. The van der Waals surface area contributed by atoms with Crippen LogP contribution in [-0.4, -0.2) is 41.3 Å². The third kappa shape index (κ3) is 2.10. The molecule has 0 radical (unpaired) electrons. The number of nitrogens with zero attached hydrogens (tertiary/aromatic N) is 3. The van der Waals surface area contributed by atoms with Crippen LogP contribution in [0.5, 0.6) is 0 Å². The molecule has 0 amide bonds. The van der Waals surface area contributed by atoms with Crippen LogP contribution in [0.1, 0.15) is 0 Å². The summed E-state index contributed by atoms with van der Waals surface area (Å²) in [5.41, 5.74) is 15.2. The lowest BCUT2D eigenvalue weighted by Crippen LogP contribution is -2.56. The minimum atomic E-state index is -2.84. The molecule has 9 nitrogen and oxygen atoms in total. The number of ketones is 2. The van der Waals surface area contributed by atoms with E-state index in [0.29, 0.717) is 0 Å². The Bertz CT molecular complexity index is 325. The van der Waals surface area contributed by atoms with Gasteiger partial charge >= 0.3 is 5.97 Å². The van der Waals surface area contributed by atoms with Gasteiger partial charge in [0.05, 0.1) is 13.1 Å². The summed E-state index contributed by atoms with van der Waals surface area (Å²) in [6.07, 6.45) is 0. The molecule has 82 valence electrons. The van der Waals surface area contributed by atoms with Gasteiger partial charge in [0.2, 0.25) is 0 Å². The van der Waals surface area contributed by atoms with Crippen molar-refractivity contribution in [1.29, 1.82) is 0 Å². The highest BCUT2D eigenvalue weighted by molar-refractivity contribution is 6.28. The molecule has 0 aliphatic carbocycles. The first-order valence-corrected chi connectivity index (χ1v) is 3.73. The van der Waals surface area contributed by atoms with Gasteiger partial charge in [-0.05, 0) is 5.53 Å². The van der Waals surface area contributed by atoms with E-state index in [9.17, 15) is 14.4 Å². The Balaban J connectivity index is 5.68. The van der Waals surface area contributed by atoms with Crippen LogP contribution in [0, 0.1) is 0 Å². The molecule has 0 spiro atoms. The summed E-state index contributed by atoms with van der Waals surface area (Å²) in [5, 5.41) is 11.5. The van der Waals surface area contributed by atoms with Gasteiger partial charge < -0.3 is 16.6 Å². The summed E-state index contributed by atoms with van der Waals surface area (Å²) in [6, 6.07) is 0. The highest BCUT2D eigenvalue weighted by Crippen LogP contribution is 2.14. The first-order chi connectivity index (χ1) is 6.97. The standard InChI is InChI=1S/C6H9N5O4/c7-1-3(12)6(5(14)15,10-11-9)4(13)2-8/h1-2,7-8H2,(H,14,15). The largest absolute Gasteiger partial charge is 0.480 e. The monoisotopic (exact) mass is 215 g/mol. The quantitative estimate of drug-likeness (QED) is 0.203. The van der Waals surface area contributed by atoms with Gasteiger partial charge in [-0.15, -0.1) is 0 Å². The third-order valence-corrected chi connectivity index (χ3v) is 1.68. The van der Waals surface area contributed by atoms with Crippen LogP contribution in [0.3, 0.4) is 0 Å². The van der Waals surface area contributed by atoms with Crippen molar-refractivity contribution in [1.82, 2.24) is 0 Å². The molecule has 15 heavy (non-hydrogen) atoms. The van der Waals surface area contributed by atoms with E-state index >= 15 is 0 Å². The van der Waals surface area contributed by atoms with Crippen LogP contribution in [0.4, 0.5) is 0 Å². The predicted molar refractivity (Wildman–Crippen MR) is 47.6 cm³/mol. The molecule has 0 saturated heterocycles. The third-order valence-electron chi connectivity index (χ3n) is 1.68. The molecule has 0 heterocycles. The number of carboxylic acid groups (broad SMARTS) is 1. The van der Waals surface area contributed by atoms with Gasteiger partial charge in [-0.2, -0.15) is 0 Å². The normalized spacial score (nSPS) is 10.3. The van der Waals surface area contributed by atoms with Crippen molar-refractivity contribution in [3.8, 4) is 0 Å². The average Bonchev–Trinajstić information content (AvgIpc) is 2.23. The van der Waals surface area contributed by atoms with Crippen molar-refractivity contribution < 1.29 is 19.5 Å². The molecule has 0 unspecified atom stereocenters. The van der Waals surface area contributed by atoms with Crippen molar-refractivity contribution >= 4 is 17.5 Å². The van der Waals surface area contributed by atoms with Crippen LogP contribution in [0.15, 0.2) is 5.11 Å². The molecule has 5 N–H and O–H groups in total. The van der Waals surface area contributed by atoms with E-state index in [2.05, 4.69) is 10.0 Å². The van der Waals surface area contributed by atoms with Crippen molar-refractivity contribution in [2.24, 2.45) is 16.6 Å². The second-order valence-electron chi connectivity index (χ2n) is 2.46. The van der Waals surface area contributed by atoms with E-state index in [1.54, 1.807) is 0 Å². The minimum absolute atomic E-state index is 0.739. The van der Waals surface area contributed by atoms with Crippen molar-refractivity contribution in [3.63, 3.8) is 0 Å². The summed E-state index contributed by atoms with van der Waals surface area (Å²) in [7, 11) is 0. The van der Waals surface area contributed by atoms with Crippen LogP contribution in [0.2, 0.25) is 0 Å². The first-order valence-electron chi connectivity index (χ1n) is 3.73. The fourth-order valence-corrected chi connectivity index (χ4v) is 0.911. The highest BCUT2D eigenvalue weighted by atomic mass is 16.4. The van der Waals surface area contributed by atoms with Gasteiger partial charge in [0.25, 0.3) is 5.54 Å². The summed E-state index contributed by atoms with van der Waals surface area (Å²) < 4.78 is 0. The molecule has 0 rings (SSSR count). The molecular formula is C6H9N5O4. The van der Waals surface area contributed by atoms with Crippen LogP contribution in [-0.2, 0) is 14.4 Å².